The first kappa shape index (κ1) is 26.6. The van der Waals surface area contributed by atoms with Crippen molar-refractivity contribution in [1.82, 2.24) is 9.97 Å². The monoisotopic (exact) mass is 515 g/mol. The maximum Gasteiger partial charge on any atom is 0.229 e. The summed E-state index contributed by atoms with van der Waals surface area (Å²) in [4.78, 5) is 14.6. The number of para-hydroxylation sites is 2. The molecule has 5 aromatic rings. The van der Waals surface area contributed by atoms with E-state index in [1.807, 2.05) is 62.5 Å². The van der Waals surface area contributed by atoms with E-state index in [2.05, 4.69) is 76.9 Å². The van der Waals surface area contributed by atoms with E-state index in [9.17, 15) is 0 Å². The summed E-state index contributed by atoms with van der Waals surface area (Å²) in [5, 5.41) is 0. The van der Waals surface area contributed by atoms with Gasteiger partial charge in [0, 0.05) is 28.7 Å². The Morgan fingerprint density at radius 3 is 2.03 bits per heavy atom. The van der Waals surface area contributed by atoms with Crippen LogP contribution < -0.4 is 0 Å². The Morgan fingerprint density at radius 2 is 1.36 bits per heavy atom. The summed E-state index contributed by atoms with van der Waals surface area (Å²) in [6.07, 6.45) is 1.96. The first-order valence-electron chi connectivity index (χ1n) is 13.5. The van der Waals surface area contributed by atoms with Gasteiger partial charge in [0.15, 0.2) is 5.58 Å². The third-order valence-electron chi connectivity index (χ3n) is 7.11. The summed E-state index contributed by atoms with van der Waals surface area (Å²) >= 11 is 0. The van der Waals surface area contributed by atoms with Gasteiger partial charge in [-0.05, 0) is 77.8 Å². The van der Waals surface area contributed by atoms with E-state index in [-0.39, 0.29) is 10.8 Å². The van der Waals surface area contributed by atoms with Gasteiger partial charge in [-0.1, -0.05) is 77.9 Å². The molecule has 198 valence electrons. The van der Waals surface area contributed by atoms with E-state index < -0.39 is 0 Å². The van der Waals surface area contributed by atoms with Crippen LogP contribution in [0.3, 0.4) is 0 Å². The molecule has 0 saturated heterocycles. The molecule has 5 rings (SSSR count). The molecule has 0 unspecified atom stereocenters. The fraction of sp³-hybridized carbons (Fsp3) is 0.286. The number of hydrogen-bond acceptors (Lipinski definition) is 4. The third-order valence-corrected chi connectivity index (χ3v) is 7.11. The summed E-state index contributed by atoms with van der Waals surface area (Å²) in [6.45, 7) is 17.5. The minimum absolute atomic E-state index is 0.0446. The molecule has 0 aliphatic heterocycles. The summed E-state index contributed by atoms with van der Waals surface area (Å²) in [5.41, 5.74) is 11.1. The van der Waals surface area contributed by atoms with Crippen molar-refractivity contribution in [3.05, 3.63) is 101 Å². The Hall–Kier alpha value is -4.05. The zero-order valence-electron chi connectivity index (χ0n) is 24.3. The van der Waals surface area contributed by atoms with Crippen molar-refractivity contribution in [3.8, 4) is 22.6 Å². The molecule has 0 spiro atoms. The summed E-state index contributed by atoms with van der Waals surface area (Å²) < 4.78 is 6.29. The number of benzene rings is 3. The Morgan fingerprint density at radius 1 is 0.692 bits per heavy atom. The molecule has 4 nitrogen and oxygen atoms in total. The fourth-order valence-corrected chi connectivity index (χ4v) is 4.76. The zero-order chi connectivity index (χ0) is 27.9. The van der Waals surface area contributed by atoms with Crippen molar-refractivity contribution in [3.63, 3.8) is 0 Å². The Bertz CT molecular complexity index is 1660. The van der Waals surface area contributed by atoms with E-state index in [4.69, 9.17) is 14.4 Å². The van der Waals surface area contributed by atoms with Crippen LogP contribution in [0.4, 0.5) is 5.69 Å². The minimum atomic E-state index is 0.0446. The second kappa shape index (κ2) is 9.92. The molecular weight excluding hydrogens is 478 g/mol. The number of oxazole rings is 1. The van der Waals surface area contributed by atoms with Crippen LogP contribution in [0.25, 0.3) is 33.7 Å². The molecule has 0 N–H and O–H groups in total. The molecular formula is C35H37N3O. The normalized spacial score (nSPS) is 12.5. The van der Waals surface area contributed by atoms with Gasteiger partial charge in [-0.2, -0.15) is 0 Å². The lowest BCUT2D eigenvalue weighted by Crippen LogP contribution is -2.17. The number of nitrogens with zero attached hydrogens (tertiary/aromatic N) is 3. The third kappa shape index (κ3) is 5.56. The van der Waals surface area contributed by atoms with Gasteiger partial charge in [0.05, 0.1) is 11.3 Å². The van der Waals surface area contributed by atoms with Crippen LogP contribution >= 0.6 is 0 Å². The highest BCUT2D eigenvalue weighted by Gasteiger charge is 2.21. The van der Waals surface area contributed by atoms with Gasteiger partial charge in [-0.15, -0.1) is 0 Å². The van der Waals surface area contributed by atoms with E-state index >= 15 is 0 Å². The van der Waals surface area contributed by atoms with Gasteiger partial charge < -0.3 is 4.42 Å². The molecule has 0 aliphatic carbocycles. The number of aliphatic imine (C=N–C) groups is 1. The van der Waals surface area contributed by atoms with E-state index in [1.54, 1.807) is 0 Å². The van der Waals surface area contributed by atoms with Crippen molar-refractivity contribution in [1.29, 1.82) is 0 Å². The second-order valence-electron chi connectivity index (χ2n) is 12.4. The van der Waals surface area contributed by atoms with Gasteiger partial charge in [0.1, 0.15) is 5.52 Å². The maximum absolute atomic E-state index is 6.29. The van der Waals surface area contributed by atoms with E-state index in [0.717, 1.165) is 50.4 Å². The van der Waals surface area contributed by atoms with Crippen LogP contribution in [0.1, 0.15) is 69.6 Å². The largest absolute Gasteiger partial charge is 0.436 e. The molecule has 3 aromatic carbocycles. The predicted molar refractivity (Wildman–Crippen MR) is 163 cm³/mol. The maximum atomic E-state index is 6.29. The highest BCUT2D eigenvalue weighted by atomic mass is 16.3. The van der Waals surface area contributed by atoms with E-state index in [1.165, 1.54) is 11.1 Å². The molecule has 0 radical (unpaired) electrons. The second-order valence-corrected chi connectivity index (χ2v) is 12.4. The lowest BCUT2D eigenvalue weighted by atomic mass is 9.79. The molecule has 0 amide bonds. The standard InChI is InChI=1S/C35H37N3O/c1-22-16-17-27(23(2)37-22)28-13-11-15-31-32(28)38-33(39-31)29-12-9-10-14-30(29)36-21-24-18-25(34(3,4)5)20-26(19-24)35(6,7)8/h9-21H,1-8H3. The van der Waals surface area contributed by atoms with Crippen molar-refractivity contribution in [2.45, 2.75) is 66.2 Å². The molecule has 2 heterocycles. The van der Waals surface area contributed by atoms with Gasteiger partial charge >= 0.3 is 0 Å². The Kier molecular flexibility index (Phi) is 6.76. The predicted octanol–water partition coefficient (Wildman–Crippen LogP) is 9.52. The number of aromatic nitrogens is 2. The van der Waals surface area contributed by atoms with Gasteiger partial charge in [0.2, 0.25) is 5.89 Å². The number of hydrogen-bond donors (Lipinski definition) is 0. The van der Waals surface area contributed by atoms with Crippen molar-refractivity contribution in [2.24, 2.45) is 4.99 Å². The summed E-state index contributed by atoms with van der Waals surface area (Å²) in [7, 11) is 0. The average molecular weight is 516 g/mol. The first-order valence-corrected chi connectivity index (χ1v) is 13.5. The number of fused-ring (bicyclic) bond motifs is 1. The van der Waals surface area contributed by atoms with Crippen molar-refractivity contribution in [2.75, 3.05) is 0 Å². The molecule has 2 aromatic heterocycles. The van der Waals surface area contributed by atoms with Crippen LogP contribution in [0.15, 0.2) is 82.2 Å². The molecule has 0 bridgehead atoms. The van der Waals surface area contributed by atoms with Crippen molar-refractivity contribution >= 4 is 23.0 Å². The topological polar surface area (TPSA) is 51.3 Å². The Balaban J connectivity index is 1.57. The van der Waals surface area contributed by atoms with Crippen LogP contribution in [0, 0.1) is 13.8 Å². The number of pyridine rings is 1. The van der Waals surface area contributed by atoms with Gasteiger partial charge in [0.25, 0.3) is 0 Å². The molecule has 0 atom stereocenters. The Labute approximate surface area is 231 Å². The zero-order valence-corrected chi connectivity index (χ0v) is 24.3. The van der Waals surface area contributed by atoms with E-state index in [0.29, 0.717) is 5.89 Å². The quantitative estimate of drug-likeness (QED) is 0.224. The molecule has 4 heteroatoms. The molecule has 39 heavy (non-hydrogen) atoms. The van der Waals surface area contributed by atoms with Crippen molar-refractivity contribution < 1.29 is 4.42 Å². The van der Waals surface area contributed by atoms with Gasteiger partial charge in [-0.3, -0.25) is 9.98 Å². The summed E-state index contributed by atoms with van der Waals surface area (Å²) in [5.74, 6) is 0.557. The molecule has 0 aliphatic rings. The minimum Gasteiger partial charge on any atom is -0.436 e. The van der Waals surface area contributed by atoms with Crippen LogP contribution in [0.2, 0.25) is 0 Å². The van der Waals surface area contributed by atoms with Gasteiger partial charge in [-0.25, -0.2) is 4.98 Å². The number of rotatable bonds is 4. The average Bonchev–Trinajstić information content (AvgIpc) is 3.31. The highest BCUT2D eigenvalue weighted by molar-refractivity contribution is 5.93. The first-order chi connectivity index (χ1) is 18.4. The van der Waals surface area contributed by atoms with Crippen LogP contribution in [-0.4, -0.2) is 16.2 Å². The number of aryl methyl sites for hydroxylation is 2. The molecule has 0 fully saturated rings. The lowest BCUT2D eigenvalue weighted by Gasteiger charge is -2.25. The molecule has 0 saturated carbocycles. The highest BCUT2D eigenvalue weighted by Crippen LogP contribution is 2.36. The smallest absolute Gasteiger partial charge is 0.229 e. The fourth-order valence-electron chi connectivity index (χ4n) is 4.76. The SMILES string of the molecule is Cc1ccc(-c2cccc3oc(-c4ccccc4N=Cc4cc(C(C)(C)C)cc(C(C)(C)C)c4)nc23)c(C)n1. The van der Waals surface area contributed by atoms with Crippen LogP contribution in [-0.2, 0) is 10.8 Å². The lowest BCUT2D eigenvalue weighted by molar-refractivity contribution is 0.568. The van der Waals surface area contributed by atoms with Crippen LogP contribution in [0.5, 0.6) is 0 Å². The summed E-state index contributed by atoms with van der Waals surface area (Å²) in [6, 6.07) is 25.0.